The average Bonchev–Trinajstić information content (AvgIpc) is 2.39. The van der Waals surface area contributed by atoms with Crippen molar-refractivity contribution in [3.63, 3.8) is 0 Å². The Hall–Kier alpha value is -2.20. The maximum absolute atomic E-state index is 12.9. The van der Waals surface area contributed by atoms with Crippen molar-refractivity contribution >= 4 is 11.6 Å². The Balaban J connectivity index is 2.09. The molecular formula is C14H12FNO2. The van der Waals surface area contributed by atoms with Crippen LogP contribution in [0.15, 0.2) is 54.6 Å². The van der Waals surface area contributed by atoms with Crippen molar-refractivity contribution < 1.29 is 14.3 Å². The normalized spacial score (nSPS) is 11.9. The molecule has 3 nitrogen and oxygen atoms in total. The number of hydrogen-bond donors (Lipinski definition) is 2. The van der Waals surface area contributed by atoms with E-state index >= 15 is 0 Å². The summed E-state index contributed by atoms with van der Waals surface area (Å²) in [6.07, 6.45) is -1.27. The van der Waals surface area contributed by atoms with E-state index in [1.54, 1.807) is 36.4 Å². The second kappa shape index (κ2) is 5.42. The SMILES string of the molecule is O=C(Nc1cccc(F)c1)C(O)c1ccccc1. The van der Waals surface area contributed by atoms with Gasteiger partial charge >= 0.3 is 0 Å². The van der Waals surface area contributed by atoms with E-state index in [2.05, 4.69) is 5.32 Å². The Morgan fingerprint density at radius 1 is 1.11 bits per heavy atom. The smallest absolute Gasteiger partial charge is 0.257 e. The van der Waals surface area contributed by atoms with Gasteiger partial charge in [-0.3, -0.25) is 4.79 Å². The van der Waals surface area contributed by atoms with Crippen LogP contribution in [-0.2, 0) is 4.79 Å². The second-order valence-corrected chi connectivity index (χ2v) is 3.81. The number of amides is 1. The van der Waals surface area contributed by atoms with Gasteiger partial charge in [0.2, 0.25) is 0 Å². The summed E-state index contributed by atoms with van der Waals surface area (Å²) in [5, 5.41) is 12.3. The molecule has 1 unspecified atom stereocenters. The van der Waals surface area contributed by atoms with Crippen LogP contribution in [0.1, 0.15) is 11.7 Å². The number of benzene rings is 2. The highest BCUT2D eigenvalue weighted by Gasteiger charge is 2.16. The summed E-state index contributed by atoms with van der Waals surface area (Å²) in [6.45, 7) is 0. The van der Waals surface area contributed by atoms with Crippen LogP contribution in [-0.4, -0.2) is 11.0 Å². The topological polar surface area (TPSA) is 49.3 Å². The number of anilines is 1. The van der Waals surface area contributed by atoms with Crippen molar-refractivity contribution in [1.29, 1.82) is 0 Å². The molecule has 0 saturated heterocycles. The molecule has 0 radical (unpaired) electrons. The maximum atomic E-state index is 12.9. The Morgan fingerprint density at radius 2 is 1.83 bits per heavy atom. The second-order valence-electron chi connectivity index (χ2n) is 3.81. The van der Waals surface area contributed by atoms with E-state index in [-0.39, 0.29) is 0 Å². The zero-order chi connectivity index (χ0) is 13.0. The summed E-state index contributed by atoms with van der Waals surface area (Å²) in [7, 11) is 0. The van der Waals surface area contributed by atoms with Gasteiger partial charge in [0.25, 0.3) is 5.91 Å². The third-order valence-electron chi connectivity index (χ3n) is 2.46. The van der Waals surface area contributed by atoms with Crippen molar-refractivity contribution in [2.24, 2.45) is 0 Å². The van der Waals surface area contributed by atoms with Crippen molar-refractivity contribution in [2.45, 2.75) is 6.10 Å². The van der Waals surface area contributed by atoms with Crippen LogP contribution in [0, 0.1) is 5.82 Å². The van der Waals surface area contributed by atoms with Crippen LogP contribution in [0.5, 0.6) is 0 Å². The zero-order valence-electron chi connectivity index (χ0n) is 9.51. The third kappa shape index (κ3) is 2.93. The minimum Gasteiger partial charge on any atom is -0.378 e. The molecule has 0 bridgehead atoms. The molecule has 0 aliphatic heterocycles. The summed E-state index contributed by atoms with van der Waals surface area (Å²) in [4.78, 5) is 11.7. The van der Waals surface area contributed by atoms with Gasteiger partial charge in [0.1, 0.15) is 5.82 Å². The number of carbonyl (C=O) groups excluding carboxylic acids is 1. The van der Waals surface area contributed by atoms with Gasteiger partial charge in [-0.15, -0.1) is 0 Å². The van der Waals surface area contributed by atoms with Gasteiger partial charge in [-0.2, -0.15) is 0 Å². The molecule has 2 N–H and O–H groups in total. The van der Waals surface area contributed by atoms with E-state index in [0.29, 0.717) is 11.3 Å². The minimum absolute atomic E-state index is 0.315. The first-order chi connectivity index (χ1) is 8.66. The Labute approximate surface area is 104 Å². The van der Waals surface area contributed by atoms with E-state index in [4.69, 9.17) is 0 Å². The van der Waals surface area contributed by atoms with Crippen molar-refractivity contribution in [3.05, 3.63) is 66.0 Å². The molecule has 0 fully saturated rings. The van der Waals surface area contributed by atoms with Gasteiger partial charge in [-0.05, 0) is 23.8 Å². The highest BCUT2D eigenvalue weighted by atomic mass is 19.1. The van der Waals surface area contributed by atoms with E-state index in [1.807, 2.05) is 0 Å². The van der Waals surface area contributed by atoms with Gasteiger partial charge in [0, 0.05) is 5.69 Å². The molecule has 18 heavy (non-hydrogen) atoms. The van der Waals surface area contributed by atoms with Gasteiger partial charge in [0.05, 0.1) is 0 Å². The van der Waals surface area contributed by atoms with Crippen LogP contribution in [0.4, 0.5) is 10.1 Å². The monoisotopic (exact) mass is 245 g/mol. The molecule has 0 spiro atoms. The van der Waals surface area contributed by atoms with Gasteiger partial charge in [-0.25, -0.2) is 4.39 Å². The van der Waals surface area contributed by atoms with Crippen LogP contribution < -0.4 is 5.32 Å². The molecule has 4 heteroatoms. The van der Waals surface area contributed by atoms with E-state index in [1.165, 1.54) is 18.2 Å². The summed E-state index contributed by atoms with van der Waals surface area (Å²) in [5.74, 6) is -1.03. The quantitative estimate of drug-likeness (QED) is 0.872. The van der Waals surface area contributed by atoms with Crippen LogP contribution >= 0.6 is 0 Å². The Bertz CT molecular complexity index is 543. The summed E-state index contributed by atoms with van der Waals surface area (Å²) in [5.41, 5.74) is 0.807. The molecule has 92 valence electrons. The summed E-state index contributed by atoms with van der Waals surface area (Å²) >= 11 is 0. The van der Waals surface area contributed by atoms with E-state index in [9.17, 15) is 14.3 Å². The molecule has 2 aromatic carbocycles. The predicted molar refractivity (Wildman–Crippen MR) is 66.4 cm³/mol. The predicted octanol–water partition coefficient (Wildman–Crippen LogP) is 2.50. The van der Waals surface area contributed by atoms with Gasteiger partial charge in [-0.1, -0.05) is 36.4 Å². The number of hydrogen-bond acceptors (Lipinski definition) is 2. The fourth-order valence-corrected chi connectivity index (χ4v) is 1.56. The highest BCUT2D eigenvalue weighted by molar-refractivity contribution is 5.94. The lowest BCUT2D eigenvalue weighted by Crippen LogP contribution is -2.20. The third-order valence-corrected chi connectivity index (χ3v) is 2.46. The minimum atomic E-state index is -1.27. The number of aliphatic hydroxyl groups excluding tert-OH is 1. The maximum Gasteiger partial charge on any atom is 0.257 e. The number of aliphatic hydroxyl groups is 1. The lowest BCUT2D eigenvalue weighted by molar-refractivity contribution is -0.124. The first kappa shape index (κ1) is 12.3. The molecule has 1 atom stereocenters. The zero-order valence-corrected chi connectivity index (χ0v) is 9.51. The number of carbonyl (C=O) groups is 1. The fourth-order valence-electron chi connectivity index (χ4n) is 1.56. The molecule has 0 aliphatic carbocycles. The molecule has 2 aromatic rings. The molecule has 2 rings (SSSR count). The largest absolute Gasteiger partial charge is 0.378 e. The molecule has 0 aliphatic rings. The molecule has 1 amide bonds. The van der Waals surface area contributed by atoms with E-state index < -0.39 is 17.8 Å². The average molecular weight is 245 g/mol. The number of nitrogens with one attached hydrogen (secondary N) is 1. The van der Waals surface area contributed by atoms with Gasteiger partial charge in [0.15, 0.2) is 6.10 Å². The Morgan fingerprint density at radius 3 is 2.50 bits per heavy atom. The summed E-state index contributed by atoms with van der Waals surface area (Å²) in [6, 6.07) is 14.1. The first-order valence-electron chi connectivity index (χ1n) is 5.46. The molecule has 0 saturated carbocycles. The van der Waals surface area contributed by atoms with Crippen molar-refractivity contribution in [2.75, 3.05) is 5.32 Å². The van der Waals surface area contributed by atoms with Crippen LogP contribution in [0.25, 0.3) is 0 Å². The molecule has 0 heterocycles. The van der Waals surface area contributed by atoms with Crippen LogP contribution in [0.3, 0.4) is 0 Å². The lowest BCUT2D eigenvalue weighted by atomic mass is 10.1. The standard InChI is InChI=1S/C14H12FNO2/c15-11-7-4-8-12(9-11)16-14(18)13(17)10-5-2-1-3-6-10/h1-9,13,17H,(H,16,18). The fraction of sp³-hybridized carbons (Fsp3) is 0.0714. The Kier molecular flexibility index (Phi) is 3.69. The first-order valence-corrected chi connectivity index (χ1v) is 5.46. The summed E-state index contributed by atoms with van der Waals surface area (Å²) < 4.78 is 12.9. The molecule has 0 aromatic heterocycles. The molecular weight excluding hydrogens is 233 g/mol. The van der Waals surface area contributed by atoms with Crippen LogP contribution in [0.2, 0.25) is 0 Å². The van der Waals surface area contributed by atoms with E-state index in [0.717, 1.165) is 0 Å². The highest BCUT2D eigenvalue weighted by Crippen LogP contribution is 2.16. The lowest BCUT2D eigenvalue weighted by Gasteiger charge is -2.11. The number of rotatable bonds is 3. The number of halogens is 1. The van der Waals surface area contributed by atoms with Crippen molar-refractivity contribution in [3.8, 4) is 0 Å². The van der Waals surface area contributed by atoms with Gasteiger partial charge < -0.3 is 10.4 Å². The van der Waals surface area contributed by atoms with Crippen molar-refractivity contribution in [1.82, 2.24) is 0 Å².